The third-order valence-corrected chi connectivity index (χ3v) is 3.82. The first-order valence-corrected chi connectivity index (χ1v) is 7.44. The molecule has 0 spiro atoms. The van der Waals surface area contributed by atoms with Gasteiger partial charge in [-0.2, -0.15) is 5.26 Å². The normalized spacial score (nSPS) is 12.7. The molecule has 1 aliphatic carbocycles. The fraction of sp³-hybridized carbons (Fsp3) is 0.353. The number of carbonyl (C=O) groups is 1. The van der Waals surface area contributed by atoms with Gasteiger partial charge >= 0.3 is 0 Å². The molecule has 2 aromatic heterocycles. The van der Waals surface area contributed by atoms with Crippen LogP contribution in [0, 0.1) is 18.3 Å². The lowest BCUT2D eigenvalue weighted by Crippen LogP contribution is -2.15. The summed E-state index contributed by atoms with van der Waals surface area (Å²) in [7, 11) is 0. The van der Waals surface area contributed by atoms with E-state index in [2.05, 4.69) is 16.4 Å². The number of hydrogen-bond donors (Lipinski definition) is 1. The van der Waals surface area contributed by atoms with Gasteiger partial charge in [0.25, 0.3) is 0 Å². The van der Waals surface area contributed by atoms with Crippen LogP contribution in [0.3, 0.4) is 0 Å². The molecule has 0 atom stereocenters. The van der Waals surface area contributed by atoms with Crippen molar-refractivity contribution in [3.8, 4) is 6.07 Å². The molecule has 0 saturated heterocycles. The summed E-state index contributed by atoms with van der Waals surface area (Å²) in [5.74, 6) is 1.84. The largest absolute Gasteiger partial charge is 0.466 e. The van der Waals surface area contributed by atoms with Crippen LogP contribution < -0.4 is 5.32 Å². The van der Waals surface area contributed by atoms with Crippen LogP contribution in [0.2, 0.25) is 0 Å². The highest BCUT2D eigenvalue weighted by molar-refractivity contribution is 5.91. The van der Waals surface area contributed by atoms with E-state index in [4.69, 9.17) is 4.42 Å². The highest BCUT2D eigenvalue weighted by Gasteiger charge is 2.17. The fourth-order valence-electron chi connectivity index (χ4n) is 2.70. The molecule has 2 aromatic rings. The Hall–Kier alpha value is -2.61. The van der Waals surface area contributed by atoms with Crippen LogP contribution in [0.1, 0.15) is 41.2 Å². The number of carbonyl (C=O) groups excluding carboxylic acids is 1. The number of nitrogens with one attached hydrogen (secondary N) is 1. The molecule has 3 rings (SSSR count). The van der Waals surface area contributed by atoms with E-state index in [1.807, 2.05) is 25.1 Å². The maximum Gasteiger partial charge on any atom is 0.226 e. The Morgan fingerprint density at radius 2 is 2.32 bits per heavy atom. The second-order valence-corrected chi connectivity index (χ2v) is 5.52. The van der Waals surface area contributed by atoms with E-state index in [0.717, 1.165) is 42.0 Å². The molecule has 0 bridgehead atoms. The first kappa shape index (κ1) is 14.3. The Kier molecular flexibility index (Phi) is 3.92. The summed E-state index contributed by atoms with van der Waals surface area (Å²) in [4.78, 5) is 16.5. The monoisotopic (exact) mass is 295 g/mol. The van der Waals surface area contributed by atoms with Gasteiger partial charge in [-0.15, -0.1) is 0 Å². The van der Waals surface area contributed by atoms with Crippen LogP contribution in [0.25, 0.3) is 0 Å². The number of hydrogen-bond acceptors (Lipinski definition) is 4. The number of anilines is 1. The van der Waals surface area contributed by atoms with Gasteiger partial charge in [-0.3, -0.25) is 4.79 Å². The second-order valence-electron chi connectivity index (χ2n) is 5.52. The van der Waals surface area contributed by atoms with Gasteiger partial charge in [0.05, 0.1) is 5.56 Å². The van der Waals surface area contributed by atoms with E-state index < -0.39 is 0 Å². The van der Waals surface area contributed by atoms with Crippen molar-refractivity contribution in [3.05, 3.63) is 46.5 Å². The van der Waals surface area contributed by atoms with Crippen LogP contribution in [0.15, 0.2) is 22.6 Å². The van der Waals surface area contributed by atoms with Crippen molar-refractivity contribution in [2.24, 2.45) is 0 Å². The minimum atomic E-state index is -0.156. The number of aryl methyl sites for hydroxylation is 4. The van der Waals surface area contributed by atoms with Gasteiger partial charge in [-0.25, -0.2) is 4.98 Å². The molecule has 1 N–H and O–H groups in total. The Morgan fingerprint density at radius 3 is 3.05 bits per heavy atom. The SMILES string of the molecule is Cc1ccc(CCC(=O)Nc2nc3c(cc2C#N)CCC3)o1. The summed E-state index contributed by atoms with van der Waals surface area (Å²) in [6, 6.07) is 7.71. The molecule has 0 saturated carbocycles. The Bertz CT molecular complexity index is 756. The summed E-state index contributed by atoms with van der Waals surface area (Å²) in [5, 5.41) is 12.0. The number of aromatic nitrogens is 1. The minimum absolute atomic E-state index is 0.156. The molecule has 22 heavy (non-hydrogen) atoms. The summed E-state index contributed by atoms with van der Waals surface area (Å²) in [6.45, 7) is 1.87. The highest BCUT2D eigenvalue weighted by Crippen LogP contribution is 2.25. The van der Waals surface area contributed by atoms with Gasteiger partial charge in [0.1, 0.15) is 17.6 Å². The van der Waals surface area contributed by atoms with Crippen molar-refractivity contribution in [2.45, 2.75) is 39.0 Å². The van der Waals surface area contributed by atoms with Gasteiger partial charge in [0, 0.05) is 18.5 Å². The maximum absolute atomic E-state index is 12.1. The fourth-order valence-corrected chi connectivity index (χ4v) is 2.70. The number of nitrogens with zero attached hydrogens (tertiary/aromatic N) is 2. The van der Waals surface area contributed by atoms with Crippen molar-refractivity contribution in [3.63, 3.8) is 0 Å². The topological polar surface area (TPSA) is 78.9 Å². The Morgan fingerprint density at radius 1 is 1.45 bits per heavy atom. The van der Waals surface area contributed by atoms with Gasteiger partial charge in [-0.05, 0) is 49.9 Å². The highest BCUT2D eigenvalue weighted by atomic mass is 16.3. The van der Waals surface area contributed by atoms with Crippen LogP contribution >= 0.6 is 0 Å². The number of furan rings is 1. The smallest absolute Gasteiger partial charge is 0.226 e. The van der Waals surface area contributed by atoms with Gasteiger partial charge in [0.2, 0.25) is 5.91 Å². The standard InChI is InChI=1S/C17H17N3O2/c1-11-5-6-14(22-11)7-8-16(21)20-17-13(10-18)9-12-3-2-4-15(12)19-17/h5-6,9H,2-4,7-8H2,1H3,(H,19,20,21). The minimum Gasteiger partial charge on any atom is -0.466 e. The molecule has 0 fully saturated rings. The summed E-state index contributed by atoms with van der Waals surface area (Å²) >= 11 is 0. The Labute approximate surface area is 129 Å². The molecule has 5 heteroatoms. The number of fused-ring (bicyclic) bond motifs is 1. The van der Waals surface area contributed by atoms with E-state index >= 15 is 0 Å². The zero-order valence-corrected chi connectivity index (χ0v) is 12.5. The van der Waals surface area contributed by atoms with E-state index in [-0.39, 0.29) is 5.91 Å². The van der Waals surface area contributed by atoms with Crippen LogP contribution in [-0.4, -0.2) is 10.9 Å². The average Bonchev–Trinajstić information content (AvgIpc) is 3.12. The first-order valence-electron chi connectivity index (χ1n) is 7.44. The number of amides is 1. The molecule has 1 aliphatic rings. The predicted molar refractivity (Wildman–Crippen MR) is 81.4 cm³/mol. The molecular formula is C17H17N3O2. The lowest BCUT2D eigenvalue weighted by molar-refractivity contribution is -0.116. The molecule has 0 unspecified atom stereocenters. The predicted octanol–water partition coefficient (Wildman–Crippen LogP) is 2.91. The third-order valence-electron chi connectivity index (χ3n) is 3.82. The van der Waals surface area contributed by atoms with Crippen LogP contribution in [0.4, 0.5) is 5.82 Å². The van der Waals surface area contributed by atoms with Crippen LogP contribution in [0.5, 0.6) is 0 Å². The quantitative estimate of drug-likeness (QED) is 0.940. The maximum atomic E-state index is 12.1. The summed E-state index contributed by atoms with van der Waals surface area (Å²) < 4.78 is 5.44. The first-order chi connectivity index (χ1) is 10.7. The lowest BCUT2D eigenvalue weighted by Gasteiger charge is -2.08. The number of pyridine rings is 1. The molecule has 0 aromatic carbocycles. The van der Waals surface area contributed by atoms with Crippen molar-refractivity contribution in [1.82, 2.24) is 4.98 Å². The average molecular weight is 295 g/mol. The van der Waals surface area contributed by atoms with Crippen molar-refractivity contribution < 1.29 is 9.21 Å². The summed E-state index contributed by atoms with van der Waals surface area (Å²) in [5.41, 5.74) is 2.56. The van der Waals surface area contributed by atoms with Crippen LogP contribution in [-0.2, 0) is 24.1 Å². The van der Waals surface area contributed by atoms with Gasteiger partial charge < -0.3 is 9.73 Å². The zero-order chi connectivity index (χ0) is 15.5. The van der Waals surface area contributed by atoms with E-state index in [1.54, 1.807) is 0 Å². The van der Waals surface area contributed by atoms with Crippen molar-refractivity contribution in [2.75, 3.05) is 5.32 Å². The van der Waals surface area contributed by atoms with E-state index in [1.165, 1.54) is 0 Å². The molecule has 112 valence electrons. The lowest BCUT2D eigenvalue weighted by atomic mass is 10.1. The summed E-state index contributed by atoms with van der Waals surface area (Å²) in [6.07, 6.45) is 3.77. The Balaban J connectivity index is 1.67. The molecular weight excluding hydrogens is 278 g/mol. The molecule has 2 heterocycles. The number of rotatable bonds is 4. The third kappa shape index (κ3) is 3.01. The number of nitriles is 1. The van der Waals surface area contributed by atoms with E-state index in [9.17, 15) is 10.1 Å². The van der Waals surface area contributed by atoms with Gasteiger partial charge in [0.15, 0.2) is 5.82 Å². The molecule has 0 aliphatic heterocycles. The van der Waals surface area contributed by atoms with Gasteiger partial charge in [-0.1, -0.05) is 0 Å². The zero-order valence-electron chi connectivity index (χ0n) is 12.5. The van der Waals surface area contributed by atoms with Crippen molar-refractivity contribution in [1.29, 1.82) is 5.26 Å². The van der Waals surface area contributed by atoms with E-state index in [0.29, 0.717) is 24.2 Å². The second kappa shape index (κ2) is 6.02. The molecule has 1 amide bonds. The molecule has 5 nitrogen and oxygen atoms in total. The molecule has 0 radical (unpaired) electrons. The van der Waals surface area contributed by atoms with Crippen molar-refractivity contribution >= 4 is 11.7 Å².